The molecule has 0 spiro atoms. The largest absolute Gasteiger partial charge is 0.391 e. The summed E-state index contributed by atoms with van der Waals surface area (Å²) in [5, 5.41) is 8.31. The fourth-order valence-electron chi connectivity index (χ4n) is 0.0345. The van der Waals surface area contributed by atoms with Crippen LogP contribution in [0.2, 0.25) is 0 Å². The Morgan fingerprint density at radius 1 is 1.83 bits per heavy atom. The zero-order chi connectivity index (χ0) is 4.99. The smallest absolute Gasteiger partial charge is 0.0796 e. The van der Waals surface area contributed by atoms with Crippen LogP contribution in [-0.2, 0) is 0 Å². The molecule has 0 radical (unpaired) electrons. The Morgan fingerprint density at radius 3 is 2.33 bits per heavy atom. The quantitative estimate of drug-likeness (QED) is 0.562. The average Bonchev–Trinajstić information content (AvgIpc) is 1.65. The molecule has 1 N–H and O–H groups in total. The van der Waals surface area contributed by atoms with Gasteiger partial charge in [0.1, 0.15) is 0 Å². The molecular weight excluding hydrogens is 123 g/mol. The summed E-state index contributed by atoms with van der Waals surface area (Å²) in [6.45, 7) is -0.176. The molecule has 0 aliphatic carbocycles. The Bertz CT molecular complexity index is 59.8. The van der Waals surface area contributed by atoms with Gasteiger partial charge in [0.15, 0.2) is 0 Å². The highest BCUT2D eigenvalue weighted by Gasteiger charge is 1.79. The van der Waals surface area contributed by atoms with Crippen LogP contribution in [0.4, 0.5) is 0 Å². The summed E-state index contributed by atoms with van der Waals surface area (Å²) in [6.07, 6.45) is 0. The minimum Gasteiger partial charge on any atom is -0.391 e. The first kappa shape index (κ1) is 6.28. The molecule has 1 nitrogen and oxygen atoms in total. The number of halogens is 2. The normalized spacial score (nSPS) is 12.2. The molecule has 0 aliphatic heterocycles. The molecule has 0 aromatic heterocycles. The van der Waals surface area contributed by atoms with Gasteiger partial charge in [-0.05, 0) is 0 Å². The van der Waals surface area contributed by atoms with Crippen molar-refractivity contribution in [3.63, 3.8) is 0 Å². The maximum absolute atomic E-state index is 8.05. The van der Waals surface area contributed by atoms with E-state index in [1.807, 2.05) is 0 Å². The first-order valence-electron chi connectivity index (χ1n) is 1.37. The van der Waals surface area contributed by atoms with Crippen LogP contribution >= 0.6 is 23.2 Å². The average molecular weight is 127 g/mol. The maximum atomic E-state index is 8.05. The Hall–Kier alpha value is 0.280. The lowest BCUT2D eigenvalue weighted by Gasteiger charge is -1.79. The maximum Gasteiger partial charge on any atom is 0.0796 e. The zero-order valence-electron chi connectivity index (χ0n) is 2.99. The molecule has 0 saturated heterocycles. The first-order valence-corrected chi connectivity index (χ1v) is 2.18. The molecule has 0 aliphatic rings. The van der Waals surface area contributed by atoms with Gasteiger partial charge in [0.25, 0.3) is 0 Å². The third kappa shape index (κ3) is 2.51. The van der Waals surface area contributed by atoms with Crippen molar-refractivity contribution < 1.29 is 5.11 Å². The third-order valence-electron chi connectivity index (χ3n) is 0.269. The van der Waals surface area contributed by atoms with Crippen LogP contribution in [0.15, 0.2) is 10.6 Å². The monoisotopic (exact) mass is 126 g/mol. The summed E-state index contributed by atoms with van der Waals surface area (Å²) in [4.78, 5) is 0. The second-order valence-corrected chi connectivity index (χ2v) is 1.42. The van der Waals surface area contributed by atoms with Crippen molar-refractivity contribution in [3.8, 4) is 0 Å². The van der Waals surface area contributed by atoms with Crippen LogP contribution < -0.4 is 0 Å². The molecule has 0 rings (SSSR count). The number of aliphatic hydroxyl groups is 1. The highest BCUT2D eigenvalue weighted by atomic mass is 35.5. The lowest BCUT2D eigenvalue weighted by molar-refractivity contribution is 0.339. The van der Waals surface area contributed by atoms with Crippen molar-refractivity contribution in [1.82, 2.24) is 0 Å². The first-order chi connectivity index (χ1) is 2.81. The van der Waals surface area contributed by atoms with E-state index in [4.69, 9.17) is 28.3 Å². The topological polar surface area (TPSA) is 20.2 Å². The van der Waals surface area contributed by atoms with Gasteiger partial charge in [-0.3, -0.25) is 0 Å². The van der Waals surface area contributed by atoms with Gasteiger partial charge in [-0.1, -0.05) is 23.2 Å². The van der Waals surface area contributed by atoms with E-state index in [9.17, 15) is 0 Å². The Morgan fingerprint density at radius 2 is 2.33 bits per heavy atom. The molecule has 0 fully saturated rings. The van der Waals surface area contributed by atoms with Crippen LogP contribution in [0.3, 0.4) is 0 Å². The predicted molar refractivity (Wildman–Crippen MR) is 26.9 cm³/mol. The van der Waals surface area contributed by atoms with E-state index in [1.54, 1.807) is 0 Å². The van der Waals surface area contributed by atoms with Crippen LogP contribution in [0.25, 0.3) is 0 Å². The molecule has 0 heterocycles. The summed E-state index contributed by atoms with van der Waals surface area (Å²) < 4.78 is 0. The molecule has 0 unspecified atom stereocenters. The van der Waals surface area contributed by atoms with Gasteiger partial charge in [-0.2, -0.15) is 0 Å². The number of hydrogen-bond acceptors (Lipinski definition) is 1. The van der Waals surface area contributed by atoms with Crippen molar-refractivity contribution in [2.24, 2.45) is 0 Å². The number of rotatable bonds is 1. The molecule has 0 aromatic rings. The van der Waals surface area contributed by atoms with E-state index < -0.39 is 0 Å². The van der Waals surface area contributed by atoms with E-state index in [1.165, 1.54) is 0 Å². The molecule has 0 bridgehead atoms. The highest BCUT2D eigenvalue weighted by molar-refractivity contribution is 6.36. The van der Waals surface area contributed by atoms with Gasteiger partial charge in [-0.25, -0.2) is 0 Å². The second kappa shape index (κ2) is 3.47. The second-order valence-electron chi connectivity index (χ2n) is 0.714. The standard InChI is InChI=1S/C3H4Cl2O/c4-1-3(5)2-6/h1,6H,2H2/b3-1-. The van der Waals surface area contributed by atoms with Gasteiger partial charge in [0, 0.05) is 5.54 Å². The Balaban J connectivity index is 3.22. The number of hydrogen-bond donors (Lipinski definition) is 1. The van der Waals surface area contributed by atoms with E-state index in [-0.39, 0.29) is 11.6 Å². The lowest BCUT2D eigenvalue weighted by Crippen LogP contribution is -1.75. The summed E-state index contributed by atoms with van der Waals surface area (Å²) in [6, 6.07) is 0. The molecule has 36 valence electrons. The minimum atomic E-state index is -0.176. The lowest BCUT2D eigenvalue weighted by atomic mass is 10.7. The van der Waals surface area contributed by atoms with Crippen molar-refractivity contribution in [3.05, 3.63) is 10.6 Å². The van der Waals surface area contributed by atoms with E-state index >= 15 is 0 Å². The molecule has 6 heavy (non-hydrogen) atoms. The molecule has 0 aromatic carbocycles. The van der Waals surface area contributed by atoms with Gasteiger partial charge >= 0.3 is 0 Å². The van der Waals surface area contributed by atoms with Gasteiger partial charge in [0.2, 0.25) is 0 Å². The predicted octanol–water partition coefficient (Wildman–Crippen LogP) is 1.30. The summed E-state index contributed by atoms with van der Waals surface area (Å²) in [5.41, 5.74) is 1.13. The Kier molecular flexibility index (Phi) is 3.63. The fourth-order valence-corrected chi connectivity index (χ4v) is 0.104. The summed E-state index contributed by atoms with van der Waals surface area (Å²) in [5.74, 6) is 0. The van der Waals surface area contributed by atoms with E-state index in [2.05, 4.69) is 0 Å². The molecular formula is C3H4Cl2O. The van der Waals surface area contributed by atoms with Crippen molar-refractivity contribution in [1.29, 1.82) is 0 Å². The molecule has 0 atom stereocenters. The van der Waals surface area contributed by atoms with Gasteiger partial charge < -0.3 is 5.11 Å². The van der Waals surface area contributed by atoms with E-state index in [0.29, 0.717) is 0 Å². The summed E-state index contributed by atoms with van der Waals surface area (Å²) in [7, 11) is 0. The Labute approximate surface area is 46.2 Å². The number of aliphatic hydroxyl groups excluding tert-OH is 1. The van der Waals surface area contributed by atoms with Crippen molar-refractivity contribution in [2.45, 2.75) is 0 Å². The van der Waals surface area contributed by atoms with Gasteiger partial charge in [-0.15, -0.1) is 0 Å². The third-order valence-corrected chi connectivity index (χ3v) is 0.873. The van der Waals surface area contributed by atoms with Crippen LogP contribution in [0.1, 0.15) is 0 Å². The van der Waals surface area contributed by atoms with Crippen LogP contribution in [0.5, 0.6) is 0 Å². The van der Waals surface area contributed by atoms with Crippen LogP contribution in [-0.4, -0.2) is 11.7 Å². The molecule has 0 amide bonds. The van der Waals surface area contributed by atoms with E-state index in [0.717, 1.165) is 5.54 Å². The van der Waals surface area contributed by atoms with Crippen LogP contribution in [0, 0.1) is 0 Å². The molecule has 0 saturated carbocycles. The molecule has 3 heteroatoms. The van der Waals surface area contributed by atoms with Crippen molar-refractivity contribution in [2.75, 3.05) is 6.61 Å². The SMILES string of the molecule is OC/C(Cl)=C/Cl. The van der Waals surface area contributed by atoms with Gasteiger partial charge in [0.05, 0.1) is 11.6 Å². The minimum absolute atomic E-state index is 0.176. The fraction of sp³-hybridized carbons (Fsp3) is 0.333. The highest BCUT2D eigenvalue weighted by Crippen LogP contribution is 1.98. The van der Waals surface area contributed by atoms with Crippen molar-refractivity contribution >= 4 is 23.2 Å². The summed E-state index contributed by atoms with van der Waals surface area (Å²) >= 11 is 10.1. The zero-order valence-corrected chi connectivity index (χ0v) is 4.50.